The lowest BCUT2D eigenvalue weighted by Gasteiger charge is -2.36. The first-order valence-electron chi connectivity index (χ1n) is 5.67. The second-order valence-corrected chi connectivity index (χ2v) is 4.40. The summed E-state index contributed by atoms with van der Waals surface area (Å²) in [7, 11) is 0. The first kappa shape index (κ1) is 11.6. The Morgan fingerprint density at radius 2 is 2.38 bits per heavy atom. The van der Waals surface area contributed by atoms with Gasteiger partial charge in [-0.15, -0.1) is 0 Å². The Labute approximate surface area is 99.6 Å². The molecule has 88 valence electrons. The summed E-state index contributed by atoms with van der Waals surface area (Å²) in [4.78, 5) is 9.66. The molecule has 2 heterocycles. The molecule has 1 fully saturated rings. The van der Waals surface area contributed by atoms with Gasteiger partial charge in [0.15, 0.2) is 11.6 Å². The van der Waals surface area contributed by atoms with Crippen LogP contribution in [0.4, 0.5) is 10.2 Å². The van der Waals surface area contributed by atoms with Gasteiger partial charge in [0, 0.05) is 12.6 Å². The standard InChI is InChI=1S/C11H15ClFN3/c1-2-8-5-3-4-6-16(8)10-9(13)7-14-11(12)15-10/h7-8H,2-6H2,1H3. The van der Waals surface area contributed by atoms with Crippen molar-refractivity contribution in [2.75, 3.05) is 11.4 Å². The van der Waals surface area contributed by atoms with Gasteiger partial charge in [0.25, 0.3) is 0 Å². The molecule has 1 aliphatic rings. The molecule has 0 spiro atoms. The summed E-state index contributed by atoms with van der Waals surface area (Å²) in [5.74, 6) is -0.0312. The number of halogens is 2. The van der Waals surface area contributed by atoms with Gasteiger partial charge >= 0.3 is 0 Å². The van der Waals surface area contributed by atoms with Crippen molar-refractivity contribution in [3.8, 4) is 0 Å². The summed E-state index contributed by atoms with van der Waals surface area (Å²) in [5, 5.41) is 0.108. The maximum atomic E-state index is 13.6. The van der Waals surface area contributed by atoms with Crippen LogP contribution in [0.25, 0.3) is 0 Å². The second-order valence-electron chi connectivity index (χ2n) is 4.06. The molecular formula is C11H15ClFN3. The molecule has 16 heavy (non-hydrogen) atoms. The quantitative estimate of drug-likeness (QED) is 0.748. The Hall–Kier alpha value is -0.900. The summed E-state index contributed by atoms with van der Waals surface area (Å²) in [6.07, 6.45) is 5.53. The van der Waals surface area contributed by atoms with Gasteiger partial charge in [-0.2, -0.15) is 4.98 Å². The maximum Gasteiger partial charge on any atom is 0.224 e. The van der Waals surface area contributed by atoms with Crippen LogP contribution in [-0.2, 0) is 0 Å². The topological polar surface area (TPSA) is 29.0 Å². The van der Waals surface area contributed by atoms with E-state index in [1.54, 1.807) is 0 Å². The van der Waals surface area contributed by atoms with Gasteiger partial charge < -0.3 is 4.90 Å². The molecule has 0 amide bonds. The molecule has 1 aromatic heterocycles. The highest BCUT2D eigenvalue weighted by Crippen LogP contribution is 2.27. The molecule has 5 heteroatoms. The number of aromatic nitrogens is 2. The van der Waals surface area contributed by atoms with Crippen molar-refractivity contribution in [2.24, 2.45) is 0 Å². The minimum atomic E-state index is -0.384. The van der Waals surface area contributed by atoms with Crippen LogP contribution >= 0.6 is 11.6 Å². The molecule has 1 aliphatic heterocycles. The van der Waals surface area contributed by atoms with Crippen molar-refractivity contribution in [3.05, 3.63) is 17.3 Å². The third-order valence-corrected chi connectivity index (χ3v) is 3.25. The molecule has 1 saturated heterocycles. The zero-order valence-corrected chi connectivity index (χ0v) is 10.0. The number of piperidine rings is 1. The predicted molar refractivity (Wildman–Crippen MR) is 62.3 cm³/mol. The highest BCUT2D eigenvalue weighted by Gasteiger charge is 2.24. The van der Waals surface area contributed by atoms with Crippen LogP contribution in [0.1, 0.15) is 32.6 Å². The lowest BCUT2D eigenvalue weighted by molar-refractivity contribution is 0.438. The van der Waals surface area contributed by atoms with Crippen LogP contribution in [0, 0.1) is 5.82 Å². The average Bonchev–Trinajstić information content (AvgIpc) is 2.32. The highest BCUT2D eigenvalue weighted by atomic mass is 35.5. The van der Waals surface area contributed by atoms with E-state index in [-0.39, 0.29) is 11.1 Å². The molecule has 0 saturated carbocycles. The van der Waals surface area contributed by atoms with E-state index < -0.39 is 0 Å². The second kappa shape index (κ2) is 4.95. The van der Waals surface area contributed by atoms with Crippen molar-refractivity contribution in [1.82, 2.24) is 9.97 Å². The fraction of sp³-hybridized carbons (Fsp3) is 0.636. The first-order chi connectivity index (χ1) is 7.72. The highest BCUT2D eigenvalue weighted by molar-refractivity contribution is 6.28. The minimum absolute atomic E-state index is 0.108. The molecule has 3 nitrogen and oxygen atoms in total. The van der Waals surface area contributed by atoms with Gasteiger partial charge in [0.1, 0.15) is 0 Å². The van der Waals surface area contributed by atoms with Crippen LogP contribution in [0.15, 0.2) is 6.20 Å². The van der Waals surface area contributed by atoms with Crippen molar-refractivity contribution in [2.45, 2.75) is 38.6 Å². The van der Waals surface area contributed by atoms with Gasteiger partial charge in [-0.3, -0.25) is 0 Å². The largest absolute Gasteiger partial charge is 0.351 e. The lowest BCUT2D eigenvalue weighted by Crippen LogP contribution is -2.40. The monoisotopic (exact) mass is 243 g/mol. The normalized spacial score (nSPS) is 21.2. The molecule has 0 bridgehead atoms. The average molecular weight is 244 g/mol. The number of nitrogens with zero attached hydrogens (tertiary/aromatic N) is 3. The van der Waals surface area contributed by atoms with Crippen molar-refractivity contribution in [1.29, 1.82) is 0 Å². The van der Waals surface area contributed by atoms with Crippen molar-refractivity contribution in [3.63, 3.8) is 0 Å². The van der Waals surface area contributed by atoms with Crippen LogP contribution in [0.5, 0.6) is 0 Å². The SMILES string of the molecule is CCC1CCCCN1c1nc(Cl)ncc1F. The Morgan fingerprint density at radius 1 is 1.56 bits per heavy atom. The van der Waals surface area contributed by atoms with Crippen LogP contribution in [0.2, 0.25) is 5.28 Å². The third-order valence-electron chi connectivity index (χ3n) is 3.07. The van der Waals surface area contributed by atoms with Crippen molar-refractivity contribution >= 4 is 17.4 Å². The predicted octanol–water partition coefficient (Wildman–Crippen LogP) is 3.04. The summed E-state index contributed by atoms with van der Waals surface area (Å²) in [6.45, 7) is 2.96. The smallest absolute Gasteiger partial charge is 0.224 e. The van der Waals surface area contributed by atoms with E-state index in [2.05, 4.69) is 16.9 Å². The van der Waals surface area contributed by atoms with Gasteiger partial charge in [-0.1, -0.05) is 6.92 Å². The van der Waals surface area contributed by atoms with E-state index in [4.69, 9.17) is 11.6 Å². The van der Waals surface area contributed by atoms with E-state index in [0.29, 0.717) is 11.9 Å². The minimum Gasteiger partial charge on any atom is -0.351 e. The summed E-state index contributed by atoms with van der Waals surface area (Å²) >= 11 is 5.71. The molecule has 2 rings (SSSR count). The Balaban J connectivity index is 2.30. The summed E-state index contributed by atoms with van der Waals surface area (Å²) < 4.78 is 13.6. The van der Waals surface area contributed by atoms with Crippen LogP contribution in [0.3, 0.4) is 0 Å². The molecule has 1 aromatic rings. The summed E-state index contributed by atoms with van der Waals surface area (Å²) in [5.41, 5.74) is 0. The van der Waals surface area contributed by atoms with E-state index >= 15 is 0 Å². The number of hydrogen-bond donors (Lipinski definition) is 0. The zero-order valence-electron chi connectivity index (χ0n) is 9.29. The fourth-order valence-corrected chi connectivity index (χ4v) is 2.37. The maximum absolute atomic E-state index is 13.6. The van der Waals surface area contributed by atoms with Gasteiger partial charge in [0.05, 0.1) is 6.20 Å². The number of hydrogen-bond acceptors (Lipinski definition) is 3. The molecule has 1 unspecified atom stereocenters. The Kier molecular flexibility index (Phi) is 3.59. The molecular weight excluding hydrogens is 229 g/mol. The molecule has 0 aromatic carbocycles. The van der Waals surface area contributed by atoms with Crippen LogP contribution in [-0.4, -0.2) is 22.6 Å². The van der Waals surface area contributed by atoms with Gasteiger partial charge in [-0.25, -0.2) is 9.37 Å². The Morgan fingerprint density at radius 3 is 3.12 bits per heavy atom. The fourth-order valence-electron chi connectivity index (χ4n) is 2.24. The van der Waals surface area contributed by atoms with Gasteiger partial charge in [-0.05, 0) is 37.3 Å². The van der Waals surface area contributed by atoms with Crippen molar-refractivity contribution < 1.29 is 4.39 Å². The zero-order chi connectivity index (χ0) is 11.5. The van der Waals surface area contributed by atoms with E-state index in [9.17, 15) is 4.39 Å². The van der Waals surface area contributed by atoms with E-state index in [1.165, 1.54) is 6.42 Å². The number of anilines is 1. The van der Waals surface area contributed by atoms with E-state index in [0.717, 1.165) is 32.0 Å². The number of rotatable bonds is 2. The molecule has 0 aliphatic carbocycles. The molecule has 0 radical (unpaired) electrons. The van der Waals surface area contributed by atoms with Crippen LogP contribution < -0.4 is 4.90 Å². The Bertz CT molecular complexity index is 372. The lowest BCUT2D eigenvalue weighted by atomic mass is 10.00. The molecule has 1 atom stereocenters. The third kappa shape index (κ3) is 2.26. The first-order valence-corrected chi connectivity index (χ1v) is 6.05. The van der Waals surface area contributed by atoms with E-state index in [1.807, 2.05) is 4.90 Å². The summed E-state index contributed by atoms with van der Waals surface area (Å²) in [6, 6.07) is 0.370. The molecule has 0 N–H and O–H groups in total. The van der Waals surface area contributed by atoms with Gasteiger partial charge in [0.2, 0.25) is 5.28 Å².